The lowest BCUT2D eigenvalue weighted by Crippen LogP contribution is -2.40. The second-order valence-electron chi connectivity index (χ2n) is 7.89. The van der Waals surface area contributed by atoms with Gasteiger partial charge in [-0.2, -0.15) is 0 Å². The van der Waals surface area contributed by atoms with Crippen LogP contribution in [0, 0.1) is 0 Å². The minimum absolute atomic E-state index is 0.181. The number of carbonyl (C=O) groups is 1. The second-order valence-corrected chi connectivity index (χ2v) is 9.87. The van der Waals surface area contributed by atoms with Gasteiger partial charge in [0.15, 0.2) is 15.5 Å². The van der Waals surface area contributed by atoms with E-state index in [0.717, 1.165) is 24.9 Å². The average Bonchev–Trinajstić information content (AvgIpc) is 2.99. The fourth-order valence-corrected chi connectivity index (χ4v) is 5.28. The molecule has 1 N–H and O–H groups in total. The van der Waals surface area contributed by atoms with E-state index in [4.69, 9.17) is 0 Å². The molecule has 1 aliphatic rings. The minimum Gasteiger partial charge on any atom is -0.480 e. The van der Waals surface area contributed by atoms with Crippen LogP contribution in [-0.2, 0) is 27.7 Å². The fourth-order valence-electron chi connectivity index (χ4n) is 4.35. The normalized spacial score (nSPS) is 17.8. The van der Waals surface area contributed by atoms with Gasteiger partial charge < -0.3 is 5.11 Å². The molecule has 3 heterocycles. The summed E-state index contributed by atoms with van der Waals surface area (Å²) < 4.78 is 27.1. The molecule has 0 aliphatic carbocycles. The van der Waals surface area contributed by atoms with Crippen molar-refractivity contribution in [3.63, 3.8) is 0 Å². The van der Waals surface area contributed by atoms with Crippen molar-refractivity contribution in [2.45, 2.75) is 36.9 Å². The number of aromatic nitrogens is 3. The number of nitrogens with zero attached hydrogens (tertiary/aromatic N) is 4. The van der Waals surface area contributed by atoms with Crippen molar-refractivity contribution < 1.29 is 18.3 Å². The van der Waals surface area contributed by atoms with E-state index in [1.165, 1.54) is 10.8 Å². The molecule has 2 aromatic heterocycles. The maximum atomic E-state index is 13.1. The number of likely N-dealkylation sites (tertiary alicyclic amines) is 1. The molecule has 1 atom stereocenters. The van der Waals surface area contributed by atoms with Crippen LogP contribution in [0.1, 0.15) is 24.4 Å². The third kappa shape index (κ3) is 4.26. The number of sulfone groups is 1. The summed E-state index contributed by atoms with van der Waals surface area (Å²) in [6.45, 7) is 1.35. The highest BCUT2D eigenvalue weighted by atomic mass is 32.2. The molecule has 1 fully saturated rings. The second kappa shape index (κ2) is 8.27. The van der Waals surface area contributed by atoms with Crippen molar-refractivity contribution in [3.8, 4) is 0 Å². The van der Waals surface area contributed by atoms with Crippen LogP contribution >= 0.6 is 0 Å². The number of hydrogen-bond acceptors (Lipinski definition) is 6. The SMILES string of the molecule is CS(=O)(=O)c1ccccc1CN1CCCC(n2c(=O)n(CC(=O)O)c3cccnc32)C1. The Kier molecular flexibility index (Phi) is 5.67. The van der Waals surface area contributed by atoms with Crippen LogP contribution in [-0.4, -0.2) is 57.9 Å². The smallest absolute Gasteiger partial charge is 0.331 e. The Balaban J connectivity index is 1.66. The first-order chi connectivity index (χ1) is 14.8. The quantitative estimate of drug-likeness (QED) is 0.613. The van der Waals surface area contributed by atoms with E-state index < -0.39 is 22.4 Å². The molecular weight excluding hydrogens is 420 g/mol. The van der Waals surface area contributed by atoms with E-state index in [1.807, 2.05) is 12.1 Å². The number of rotatable bonds is 6. The van der Waals surface area contributed by atoms with Crippen LogP contribution in [0.15, 0.2) is 52.3 Å². The van der Waals surface area contributed by atoms with Gasteiger partial charge in [0.05, 0.1) is 16.5 Å². The van der Waals surface area contributed by atoms with E-state index in [-0.39, 0.29) is 11.7 Å². The average molecular weight is 445 g/mol. The summed E-state index contributed by atoms with van der Waals surface area (Å²) in [4.78, 5) is 31.2. The van der Waals surface area contributed by atoms with Gasteiger partial charge in [-0.15, -0.1) is 0 Å². The minimum atomic E-state index is -3.34. The van der Waals surface area contributed by atoms with E-state index in [1.54, 1.807) is 35.0 Å². The van der Waals surface area contributed by atoms with E-state index in [9.17, 15) is 23.1 Å². The van der Waals surface area contributed by atoms with Crippen LogP contribution in [0.3, 0.4) is 0 Å². The van der Waals surface area contributed by atoms with Crippen LogP contribution < -0.4 is 5.69 Å². The zero-order chi connectivity index (χ0) is 22.2. The summed E-state index contributed by atoms with van der Waals surface area (Å²) >= 11 is 0. The van der Waals surface area contributed by atoms with E-state index >= 15 is 0 Å². The summed E-state index contributed by atoms with van der Waals surface area (Å²) in [6, 6.07) is 10.2. The van der Waals surface area contributed by atoms with Gasteiger partial charge in [-0.25, -0.2) is 18.2 Å². The van der Waals surface area contributed by atoms with Gasteiger partial charge in [-0.1, -0.05) is 18.2 Å². The number of carboxylic acids is 1. The number of fused-ring (bicyclic) bond motifs is 1. The molecule has 31 heavy (non-hydrogen) atoms. The highest BCUT2D eigenvalue weighted by Gasteiger charge is 2.27. The third-order valence-corrected chi connectivity index (χ3v) is 6.82. The molecule has 10 heteroatoms. The highest BCUT2D eigenvalue weighted by molar-refractivity contribution is 7.90. The lowest BCUT2D eigenvalue weighted by atomic mass is 10.0. The zero-order valence-corrected chi connectivity index (χ0v) is 18.0. The predicted molar refractivity (Wildman–Crippen MR) is 115 cm³/mol. The molecule has 9 nitrogen and oxygen atoms in total. The Morgan fingerprint density at radius 1 is 1.23 bits per heavy atom. The number of aliphatic carboxylic acids is 1. The van der Waals surface area contributed by atoms with E-state index in [0.29, 0.717) is 29.1 Å². The molecule has 0 spiro atoms. The van der Waals surface area contributed by atoms with Gasteiger partial charge in [0.25, 0.3) is 0 Å². The summed E-state index contributed by atoms with van der Waals surface area (Å²) in [5, 5.41) is 9.22. The molecule has 3 aromatic rings. The molecule has 1 unspecified atom stereocenters. The number of hydrogen-bond donors (Lipinski definition) is 1. The fraction of sp³-hybridized carbons (Fsp3) is 0.381. The Hall–Kier alpha value is -2.98. The van der Waals surface area contributed by atoms with Gasteiger partial charge in [0.2, 0.25) is 0 Å². The van der Waals surface area contributed by atoms with Gasteiger partial charge in [-0.05, 0) is 43.1 Å². The number of pyridine rings is 1. The Morgan fingerprint density at radius 3 is 2.74 bits per heavy atom. The third-order valence-electron chi connectivity index (χ3n) is 5.63. The van der Waals surface area contributed by atoms with Crippen LogP contribution in [0.25, 0.3) is 11.2 Å². The summed E-state index contributed by atoms with van der Waals surface area (Å²) in [7, 11) is -3.34. The molecular formula is C21H24N4O5S. The maximum absolute atomic E-state index is 13.1. The summed E-state index contributed by atoms with van der Waals surface area (Å²) in [5.74, 6) is -1.09. The summed E-state index contributed by atoms with van der Waals surface area (Å²) in [6.07, 6.45) is 4.38. The van der Waals surface area contributed by atoms with Crippen LogP contribution in [0.2, 0.25) is 0 Å². The molecule has 164 valence electrons. The standard InChI is InChI=1S/C21H24N4O5S/c1-31(29,30)18-9-3-2-6-15(18)12-23-11-5-7-16(13-23)25-20-17(8-4-10-22-20)24(21(25)28)14-19(26)27/h2-4,6,8-10,16H,5,7,11-14H2,1H3,(H,26,27). The number of benzene rings is 1. The van der Waals surface area contributed by atoms with Gasteiger partial charge in [-0.3, -0.25) is 18.8 Å². The summed E-state index contributed by atoms with van der Waals surface area (Å²) in [5.41, 5.74) is 1.30. The molecule has 1 saturated heterocycles. The zero-order valence-electron chi connectivity index (χ0n) is 17.1. The van der Waals surface area contributed by atoms with Crippen molar-refractivity contribution in [2.75, 3.05) is 19.3 Å². The Labute approximate surface area is 179 Å². The van der Waals surface area contributed by atoms with Crippen LogP contribution in [0.5, 0.6) is 0 Å². The predicted octanol–water partition coefficient (Wildman–Crippen LogP) is 1.52. The molecule has 4 rings (SSSR count). The van der Waals surface area contributed by atoms with Gasteiger partial charge in [0, 0.05) is 25.5 Å². The van der Waals surface area contributed by atoms with Crippen molar-refractivity contribution >= 4 is 27.0 Å². The van der Waals surface area contributed by atoms with Crippen LogP contribution in [0.4, 0.5) is 0 Å². The van der Waals surface area contributed by atoms with Crippen molar-refractivity contribution in [3.05, 3.63) is 58.6 Å². The molecule has 0 saturated carbocycles. The monoisotopic (exact) mass is 444 g/mol. The topological polar surface area (TPSA) is 114 Å². The first kappa shape index (κ1) is 21.3. The molecule has 0 radical (unpaired) electrons. The number of imidazole rings is 1. The highest BCUT2D eigenvalue weighted by Crippen LogP contribution is 2.26. The number of carboxylic acid groups (broad SMARTS) is 1. The first-order valence-electron chi connectivity index (χ1n) is 10.0. The molecule has 1 aromatic carbocycles. The van der Waals surface area contributed by atoms with Gasteiger partial charge in [0.1, 0.15) is 6.54 Å². The van der Waals surface area contributed by atoms with E-state index in [2.05, 4.69) is 9.88 Å². The lowest BCUT2D eigenvalue weighted by Gasteiger charge is -2.33. The molecule has 0 amide bonds. The van der Waals surface area contributed by atoms with Crippen molar-refractivity contribution in [1.29, 1.82) is 0 Å². The maximum Gasteiger partial charge on any atom is 0.331 e. The molecule has 1 aliphatic heterocycles. The van der Waals surface area contributed by atoms with Crippen molar-refractivity contribution in [2.24, 2.45) is 0 Å². The lowest BCUT2D eigenvalue weighted by molar-refractivity contribution is -0.137. The number of piperidine rings is 1. The Bertz CT molecular complexity index is 1290. The van der Waals surface area contributed by atoms with Gasteiger partial charge >= 0.3 is 11.7 Å². The van der Waals surface area contributed by atoms with Crippen molar-refractivity contribution in [1.82, 2.24) is 19.0 Å². The largest absolute Gasteiger partial charge is 0.480 e. The first-order valence-corrected chi connectivity index (χ1v) is 11.9. The molecule has 0 bridgehead atoms. The Morgan fingerprint density at radius 2 is 2.00 bits per heavy atom.